The lowest BCUT2D eigenvalue weighted by atomic mass is 9.72. The third-order valence-electron chi connectivity index (χ3n) is 9.26. The van der Waals surface area contributed by atoms with Crippen LogP contribution in [0.25, 0.3) is 6.08 Å². The highest BCUT2D eigenvalue weighted by Crippen LogP contribution is 2.45. The van der Waals surface area contributed by atoms with Crippen LogP contribution < -0.4 is 16.0 Å². The van der Waals surface area contributed by atoms with Gasteiger partial charge < -0.3 is 20.7 Å². The van der Waals surface area contributed by atoms with Crippen molar-refractivity contribution in [3.63, 3.8) is 0 Å². The molecule has 0 saturated carbocycles. The number of nitrogens with one attached hydrogen (secondary N) is 3. The van der Waals surface area contributed by atoms with Gasteiger partial charge in [-0.25, -0.2) is 4.79 Å². The smallest absolute Gasteiger partial charge is 0.341 e. The number of thiophene rings is 1. The van der Waals surface area contributed by atoms with Gasteiger partial charge in [-0.3, -0.25) is 14.4 Å². The number of benzene rings is 3. The van der Waals surface area contributed by atoms with Crippen LogP contribution in [0.15, 0.2) is 89.5 Å². The lowest BCUT2D eigenvalue weighted by Gasteiger charge is -2.33. The number of ether oxygens (including phenoxy) is 1. The van der Waals surface area contributed by atoms with E-state index in [1.165, 1.54) is 23.1 Å². The second-order valence-corrected chi connectivity index (χ2v) is 16.3. The largest absolute Gasteiger partial charge is 0.462 e. The molecule has 52 heavy (non-hydrogen) atoms. The first-order valence-electron chi connectivity index (χ1n) is 17.7. The molecule has 3 amide bonds. The predicted octanol–water partition coefficient (Wildman–Crippen LogP) is 9.30. The first-order chi connectivity index (χ1) is 24.9. The van der Waals surface area contributed by atoms with E-state index in [0.717, 1.165) is 45.7 Å². The topological polar surface area (TPSA) is 114 Å². The SMILES string of the molecule is CCOC(=O)c1c(NC(=O)C(CC)Sc2cccc(NC(=O)/C(=C/c3ccccc3C)NC(=O)c3ccccc3)c2)sc2c1CCC(C(C)(C)C)C2. The van der Waals surface area contributed by atoms with E-state index in [2.05, 4.69) is 36.7 Å². The minimum Gasteiger partial charge on any atom is -0.462 e. The molecule has 1 aromatic heterocycles. The van der Waals surface area contributed by atoms with Crippen molar-refractivity contribution in [1.82, 2.24) is 5.32 Å². The number of aryl methyl sites for hydroxylation is 1. The summed E-state index contributed by atoms with van der Waals surface area (Å²) in [5.41, 5.74) is 4.42. The van der Waals surface area contributed by atoms with Gasteiger partial charge in [0.2, 0.25) is 5.91 Å². The zero-order valence-corrected chi connectivity index (χ0v) is 32.3. The van der Waals surface area contributed by atoms with Crippen molar-refractivity contribution in [2.45, 2.75) is 77.4 Å². The van der Waals surface area contributed by atoms with E-state index >= 15 is 0 Å². The molecule has 272 valence electrons. The summed E-state index contributed by atoms with van der Waals surface area (Å²) in [5.74, 6) is -1.00. The molecular formula is C42H47N3O5S2. The fraction of sp³-hybridized carbons (Fsp3) is 0.333. The summed E-state index contributed by atoms with van der Waals surface area (Å²) >= 11 is 2.87. The summed E-state index contributed by atoms with van der Waals surface area (Å²) in [6, 6.07) is 23.6. The van der Waals surface area contributed by atoms with E-state index in [9.17, 15) is 19.2 Å². The Labute approximate surface area is 314 Å². The zero-order valence-electron chi connectivity index (χ0n) is 30.6. The van der Waals surface area contributed by atoms with Gasteiger partial charge in [0.25, 0.3) is 11.8 Å². The molecule has 0 bridgehead atoms. The Balaban J connectivity index is 1.33. The van der Waals surface area contributed by atoms with Crippen molar-refractivity contribution in [3.8, 4) is 0 Å². The number of rotatable bonds is 12. The van der Waals surface area contributed by atoms with Crippen LogP contribution >= 0.6 is 23.1 Å². The number of carbonyl (C=O) groups excluding carboxylic acids is 4. The normalized spacial score (nSPS) is 14.9. The van der Waals surface area contributed by atoms with Crippen LogP contribution in [0.4, 0.5) is 10.7 Å². The van der Waals surface area contributed by atoms with Gasteiger partial charge in [0.1, 0.15) is 10.7 Å². The Hall–Kier alpha value is -4.67. The van der Waals surface area contributed by atoms with Crippen LogP contribution in [-0.2, 0) is 27.2 Å². The number of thioether (sulfide) groups is 1. The van der Waals surface area contributed by atoms with Crippen molar-refractivity contribution >= 4 is 63.6 Å². The molecule has 1 aliphatic rings. The van der Waals surface area contributed by atoms with Gasteiger partial charge in [0.15, 0.2) is 0 Å². The van der Waals surface area contributed by atoms with E-state index in [0.29, 0.717) is 34.2 Å². The molecule has 2 atom stereocenters. The van der Waals surface area contributed by atoms with E-state index < -0.39 is 23.0 Å². The Kier molecular flexibility index (Phi) is 12.8. The molecule has 0 fully saturated rings. The van der Waals surface area contributed by atoms with Gasteiger partial charge in [0.05, 0.1) is 17.4 Å². The highest BCUT2D eigenvalue weighted by molar-refractivity contribution is 8.00. The van der Waals surface area contributed by atoms with Crippen molar-refractivity contribution in [1.29, 1.82) is 0 Å². The van der Waals surface area contributed by atoms with Gasteiger partial charge in [-0.1, -0.05) is 76.2 Å². The first kappa shape index (κ1) is 38.6. The first-order valence-corrected chi connectivity index (χ1v) is 19.4. The maximum absolute atomic E-state index is 13.8. The second-order valence-electron chi connectivity index (χ2n) is 14.0. The van der Waals surface area contributed by atoms with E-state index in [-0.39, 0.29) is 23.6 Å². The zero-order chi connectivity index (χ0) is 37.4. The van der Waals surface area contributed by atoms with Crippen molar-refractivity contribution in [2.75, 3.05) is 17.2 Å². The quantitative estimate of drug-likeness (QED) is 0.0759. The maximum atomic E-state index is 13.8. The number of fused-ring (bicyclic) bond motifs is 1. The summed E-state index contributed by atoms with van der Waals surface area (Å²) in [6.45, 7) is 12.7. The summed E-state index contributed by atoms with van der Waals surface area (Å²) in [4.78, 5) is 55.7. The van der Waals surface area contributed by atoms with Gasteiger partial charge >= 0.3 is 5.97 Å². The van der Waals surface area contributed by atoms with E-state index in [4.69, 9.17) is 4.74 Å². The monoisotopic (exact) mass is 737 g/mol. The van der Waals surface area contributed by atoms with Crippen LogP contribution in [0.1, 0.15) is 89.7 Å². The van der Waals surface area contributed by atoms with Crippen LogP contribution in [0.3, 0.4) is 0 Å². The van der Waals surface area contributed by atoms with E-state index in [1.807, 2.05) is 62.4 Å². The lowest BCUT2D eigenvalue weighted by Crippen LogP contribution is -2.30. The summed E-state index contributed by atoms with van der Waals surface area (Å²) in [7, 11) is 0. The Bertz CT molecular complexity index is 1960. The minimum atomic E-state index is -0.485. The number of hydrogen-bond donors (Lipinski definition) is 3. The molecule has 10 heteroatoms. The van der Waals surface area contributed by atoms with Gasteiger partial charge in [-0.2, -0.15) is 0 Å². The molecule has 4 aromatic rings. The Morgan fingerprint density at radius 2 is 1.69 bits per heavy atom. The van der Waals surface area contributed by atoms with Crippen LogP contribution in [0.2, 0.25) is 0 Å². The highest BCUT2D eigenvalue weighted by atomic mass is 32.2. The molecule has 0 aliphatic heterocycles. The molecular weight excluding hydrogens is 691 g/mol. The van der Waals surface area contributed by atoms with Gasteiger partial charge in [-0.05, 0) is 104 Å². The average molecular weight is 738 g/mol. The highest BCUT2D eigenvalue weighted by Gasteiger charge is 2.35. The van der Waals surface area contributed by atoms with Gasteiger partial charge in [0, 0.05) is 21.0 Å². The molecule has 0 saturated heterocycles. The summed E-state index contributed by atoms with van der Waals surface area (Å²) in [5, 5.41) is 8.89. The molecule has 5 rings (SSSR count). The second kappa shape index (κ2) is 17.2. The minimum absolute atomic E-state index is 0.0943. The molecule has 1 heterocycles. The standard InChI is InChI=1S/C42H47N3O5S2/c1-7-34(39(48)45-40-36(41(49)50-8-2)32-22-21-29(42(4,5)6)24-35(32)52-40)51-31-20-14-19-30(25-31)43-38(47)33(23-28-18-13-12-15-26(28)3)44-37(46)27-16-10-9-11-17-27/h9-20,23,25,29,34H,7-8,21-22,24H2,1-6H3,(H,43,47)(H,44,46)(H,45,48)/b33-23-. The van der Waals surface area contributed by atoms with Crippen molar-refractivity contribution < 1.29 is 23.9 Å². The van der Waals surface area contributed by atoms with Crippen LogP contribution in [-0.4, -0.2) is 35.5 Å². The molecule has 3 N–H and O–H groups in total. The Morgan fingerprint density at radius 3 is 2.38 bits per heavy atom. The summed E-state index contributed by atoms with van der Waals surface area (Å²) in [6.07, 6.45) is 4.83. The molecule has 1 aliphatic carbocycles. The van der Waals surface area contributed by atoms with Crippen molar-refractivity contribution in [3.05, 3.63) is 117 Å². The molecule has 0 spiro atoms. The third-order valence-corrected chi connectivity index (χ3v) is 11.8. The van der Waals surface area contributed by atoms with Crippen LogP contribution in [0, 0.1) is 18.3 Å². The molecule has 3 aromatic carbocycles. The van der Waals surface area contributed by atoms with Gasteiger partial charge in [-0.15, -0.1) is 23.1 Å². The number of esters is 1. The predicted molar refractivity (Wildman–Crippen MR) is 212 cm³/mol. The fourth-order valence-corrected chi connectivity index (χ4v) is 8.54. The number of carbonyl (C=O) groups is 4. The average Bonchev–Trinajstić information content (AvgIpc) is 3.48. The fourth-order valence-electron chi connectivity index (χ4n) is 6.20. The van der Waals surface area contributed by atoms with E-state index in [1.54, 1.807) is 43.3 Å². The molecule has 0 radical (unpaired) electrons. The Morgan fingerprint density at radius 1 is 0.962 bits per heavy atom. The molecule has 2 unspecified atom stereocenters. The lowest BCUT2D eigenvalue weighted by molar-refractivity contribution is -0.116. The number of hydrogen-bond acceptors (Lipinski definition) is 7. The maximum Gasteiger partial charge on any atom is 0.341 e. The third kappa shape index (κ3) is 9.60. The van der Waals surface area contributed by atoms with Crippen LogP contribution in [0.5, 0.6) is 0 Å². The number of amides is 3. The number of anilines is 2. The molecule has 8 nitrogen and oxygen atoms in total. The summed E-state index contributed by atoms with van der Waals surface area (Å²) < 4.78 is 5.44. The van der Waals surface area contributed by atoms with Crippen molar-refractivity contribution in [2.24, 2.45) is 11.3 Å².